The van der Waals surface area contributed by atoms with Gasteiger partial charge in [-0.2, -0.15) is 0 Å². The number of rotatable bonds is 3. The van der Waals surface area contributed by atoms with Crippen LogP contribution in [0, 0.1) is 107 Å². The molecule has 7 rings (SSSR count). The van der Waals surface area contributed by atoms with Crippen molar-refractivity contribution in [3.8, 4) is 35.5 Å². The molecule has 7 fully saturated rings. The molecular weight excluding hydrogens is 877 g/mol. The van der Waals surface area contributed by atoms with Gasteiger partial charge in [-0.15, -0.1) is 0 Å². The number of carboxylic acid groups (broad SMARTS) is 1. The van der Waals surface area contributed by atoms with Crippen LogP contribution in [0.3, 0.4) is 0 Å². The number of hydrogen-bond donors (Lipinski definition) is 1. The second-order valence-electron chi connectivity index (χ2n) is 20.9. The van der Waals surface area contributed by atoms with Gasteiger partial charge in [-0.25, -0.2) is 0 Å². The molecule has 0 saturated heterocycles. The highest BCUT2D eigenvalue weighted by Crippen LogP contribution is 2.35. The normalized spacial score (nSPS) is 34.4. The summed E-state index contributed by atoms with van der Waals surface area (Å²) in [4.78, 5) is 24.1. The van der Waals surface area contributed by atoms with Crippen LogP contribution in [0.5, 0.6) is 0 Å². The number of carboxylic acids is 1. The molecule has 7 saturated carbocycles. The molecule has 0 aromatic heterocycles. The summed E-state index contributed by atoms with van der Waals surface area (Å²) >= 11 is 3.70. The largest absolute Gasteiger partial charge is 0.481 e. The Bertz CT molecular complexity index is 1390. The fourth-order valence-corrected chi connectivity index (χ4v) is 11.2. The zero-order valence-electron chi connectivity index (χ0n) is 37.9. The molecule has 386 valence electrons. The van der Waals surface area contributed by atoms with Crippen LogP contribution in [0.2, 0.25) is 0 Å². The highest BCUT2D eigenvalue weighted by Gasteiger charge is 2.30. The van der Waals surface area contributed by atoms with Crippen LogP contribution in [0.4, 0.5) is 0 Å². The number of esters is 1. The molecule has 0 aromatic rings. The molecule has 7 aliphatic carbocycles. The summed E-state index contributed by atoms with van der Waals surface area (Å²) in [6.07, 6.45) is 33.6. The molecular formula is C61H111BrO4. The van der Waals surface area contributed by atoms with Crippen LogP contribution in [0.15, 0.2) is 0 Å². The Balaban J connectivity index is -0.000000878. The van der Waals surface area contributed by atoms with E-state index in [-0.39, 0.29) is 75.9 Å². The molecule has 0 aliphatic heterocycles. The van der Waals surface area contributed by atoms with Gasteiger partial charge in [0.25, 0.3) is 0 Å². The van der Waals surface area contributed by atoms with E-state index in [1.54, 1.807) is 0 Å². The minimum atomic E-state index is -0.623. The summed E-state index contributed by atoms with van der Waals surface area (Å²) in [6.45, 7) is 9.36. The second-order valence-corrected chi connectivity index (χ2v) is 22.2. The number of carbonyl (C=O) groups is 2. The SMILES string of the molecule is C.C.C.C.C.C.C.CC1CCC(C#CC2CCC(Br)CC2)CC1.CC1CCC(C#CC2CCC(C(=O)O)CC2)CC1.CC1CCC(C#CC2CCC(C(=O)OC3CCC(C)CC3)CC2)CC1. The number of alkyl halides is 1. The third-order valence-corrected chi connectivity index (χ3v) is 16.5. The van der Waals surface area contributed by atoms with Gasteiger partial charge in [-0.3, -0.25) is 9.59 Å². The predicted octanol–water partition coefficient (Wildman–Crippen LogP) is 18.7. The van der Waals surface area contributed by atoms with Crippen LogP contribution in [-0.2, 0) is 14.3 Å². The van der Waals surface area contributed by atoms with Gasteiger partial charge in [0.05, 0.1) is 11.8 Å². The summed E-state index contributed by atoms with van der Waals surface area (Å²) in [7, 11) is 0. The maximum atomic E-state index is 12.4. The van der Waals surface area contributed by atoms with Gasteiger partial charge in [0.2, 0.25) is 0 Å². The number of halogens is 1. The van der Waals surface area contributed by atoms with Gasteiger partial charge in [-0.05, 0) is 203 Å². The van der Waals surface area contributed by atoms with Crippen molar-refractivity contribution >= 4 is 27.9 Å². The van der Waals surface area contributed by atoms with Gasteiger partial charge in [0.15, 0.2) is 0 Å². The van der Waals surface area contributed by atoms with Crippen molar-refractivity contribution in [2.45, 2.75) is 270 Å². The van der Waals surface area contributed by atoms with E-state index in [2.05, 4.69) is 79.1 Å². The van der Waals surface area contributed by atoms with E-state index in [1.165, 1.54) is 116 Å². The minimum Gasteiger partial charge on any atom is -0.481 e. The van der Waals surface area contributed by atoms with E-state index in [9.17, 15) is 9.59 Å². The fraction of sp³-hybridized carbons (Fsp3) is 0.869. The Morgan fingerprint density at radius 2 is 0.591 bits per heavy atom. The molecule has 7 aliphatic rings. The molecule has 4 nitrogen and oxygen atoms in total. The van der Waals surface area contributed by atoms with Crippen molar-refractivity contribution in [2.24, 2.45) is 71.0 Å². The molecule has 0 unspecified atom stereocenters. The molecule has 66 heavy (non-hydrogen) atoms. The standard InChI is InChI=1S/C23H36O2.C16H24O2.C15H23Br.7CH4/c1-17-3-7-19(8-4-17)9-10-20-11-13-21(14-12-20)23(24)25-22-15-5-18(2)6-16-22;1-12-2-4-13(5-3-12)6-7-14-8-10-15(11-9-14)16(17)18;1-12-2-4-13(5-3-12)6-7-14-8-10-15(16)11-9-14;;;;;;;/h17-22H,3-8,11-16H2,1-2H3;12-15H,2-5,8-11H2,1H3,(H,17,18);12-15H,2-5,8-11H2,1H3;7*1H4. The number of ether oxygens (including phenoxy) is 1. The van der Waals surface area contributed by atoms with Gasteiger partial charge in [0.1, 0.15) is 6.10 Å². The molecule has 0 atom stereocenters. The Kier molecular flexibility index (Phi) is 38.3. The number of carbonyl (C=O) groups excluding carboxylic acids is 1. The summed E-state index contributed by atoms with van der Waals surface area (Å²) in [5, 5.41) is 8.95. The van der Waals surface area contributed by atoms with Gasteiger partial charge in [0, 0.05) is 40.3 Å². The van der Waals surface area contributed by atoms with Crippen molar-refractivity contribution in [3.05, 3.63) is 0 Å². The van der Waals surface area contributed by atoms with E-state index >= 15 is 0 Å². The van der Waals surface area contributed by atoms with Crippen LogP contribution in [0.25, 0.3) is 0 Å². The van der Waals surface area contributed by atoms with Crippen LogP contribution < -0.4 is 0 Å². The van der Waals surface area contributed by atoms with Gasteiger partial charge >= 0.3 is 11.9 Å². The number of aliphatic carboxylic acids is 1. The van der Waals surface area contributed by atoms with E-state index in [4.69, 9.17) is 9.84 Å². The fourth-order valence-electron chi connectivity index (χ4n) is 10.7. The summed E-state index contributed by atoms with van der Waals surface area (Å²) in [6, 6.07) is 0. The second kappa shape index (κ2) is 37.0. The van der Waals surface area contributed by atoms with Crippen molar-refractivity contribution in [1.82, 2.24) is 0 Å². The molecule has 0 bridgehead atoms. The zero-order valence-corrected chi connectivity index (χ0v) is 39.5. The average molecular weight is 988 g/mol. The molecule has 5 heteroatoms. The highest BCUT2D eigenvalue weighted by atomic mass is 79.9. The Hall–Kier alpha value is -1.90. The van der Waals surface area contributed by atoms with Gasteiger partial charge < -0.3 is 9.84 Å². The van der Waals surface area contributed by atoms with Crippen molar-refractivity contribution in [3.63, 3.8) is 0 Å². The predicted molar refractivity (Wildman–Crippen MR) is 295 cm³/mol. The first-order valence-electron chi connectivity index (χ1n) is 25.1. The quantitative estimate of drug-likeness (QED) is 0.174. The van der Waals surface area contributed by atoms with E-state index in [1.807, 2.05) is 0 Å². The van der Waals surface area contributed by atoms with Crippen molar-refractivity contribution < 1.29 is 19.4 Å². The number of hydrogen-bond acceptors (Lipinski definition) is 3. The summed E-state index contributed by atoms with van der Waals surface area (Å²) in [5.41, 5.74) is 0. The molecule has 0 aromatic carbocycles. The summed E-state index contributed by atoms with van der Waals surface area (Å²) < 4.78 is 5.80. The zero-order chi connectivity index (χ0) is 42.0. The van der Waals surface area contributed by atoms with Crippen LogP contribution in [-0.4, -0.2) is 28.0 Å². The van der Waals surface area contributed by atoms with Crippen LogP contribution in [0.1, 0.15) is 259 Å². The molecule has 0 spiro atoms. The lowest BCUT2D eigenvalue weighted by atomic mass is 9.80. The smallest absolute Gasteiger partial charge is 0.309 e. The maximum Gasteiger partial charge on any atom is 0.309 e. The van der Waals surface area contributed by atoms with Crippen molar-refractivity contribution in [1.29, 1.82) is 0 Å². The topological polar surface area (TPSA) is 63.6 Å². The Morgan fingerprint density at radius 3 is 0.864 bits per heavy atom. The third kappa shape index (κ3) is 25.6. The molecule has 0 radical (unpaired) electrons. The molecule has 0 heterocycles. The Morgan fingerprint density at radius 1 is 0.364 bits per heavy atom. The lowest BCUT2D eigenvalue weighted by Gasteiger charge is -2.29. The lowest BCUT2D eigenvalue weighted by Crippen LogP contribution is -2.29. The first kappa shape index (κ1) is 68.4. The third-order valence-electron chi connectivity index (χ3n) is 15.6. The van der Waals surface area contributed by atoms with Crippen molar-refractivity contribution in [2.75, 3.05) is 0 Å². The minimum absolute atomic E-state index is 0. The first-order chi connectivity index (χ1) is 28.5. The summed E-state index contributed by atoms with van der Waals surface area (Å²) in [5.74, 6) is 27.7. The average Bonchev–Trinajstić information content (AvgIpc) is 3.25. The van der Waals surface area contributed by atoms with E-state index in [0.717, 1.165) is 98.6 Å². The monoisotopic (exact) mass is 987 g/mol. The maximum absolute atomic E-state index is 12.4. The first-order valence-corrected chi connectivity index (χ1v) is 26.0. The van der Waals surface area contributed by atoms with E-state index in [0.29, 0.717) is 29.6 Å². The lowest BCUT2D eigenvalue weighted by molar-refractivity contribution is -0.157. The molecule has 0 amide bonds. The van der Waals surface area contributed by atoms with Crippen LogP contribution >= 0.6 is 15.9 Å². The van der Waals surface area contributed by atoms with E-state index < -0.39 is 5.97 Å². The highest BCUT2D eigenvalue weighted by molar-refractivity contribution is 9.09. The Labute approximate surface area is 422 Å². The molecule has 1 N–H and O–H groups in total. The van der Waals surface area contributed by atoms with Gasteiger partial charge in [-0.1, -0.05) is 131 Å².